The molecule has 1 aromatic carbocycles. The van der Waals surface area contributed by atoms with Gasteiger partial charge in [0.25, 0.3) is 0 Å². The van der Waals surface area contributed by atoms with Crippen molar-refractivity contribution in [3.05, 3.63) is 28.7 Å². The minimum Gasteiger partial charge on any atom is -0.494 e. The number of nitrogens with one attached hydrogen (secondary N) is 1. The number of halogens is 1. The van der Waals surface area contributed by atoms with Crippen LogP contribution < -0.4 is 10.2 Å². The second-order valence-electron chi connectivity index (χ2n) is 4.96. The van der Waals surface area contributed by atoms with Crippen molar-refractivity contribution in [1.82, 2.24) is 5.48 Å². The van der Waals surface area contributed by atoms with Gasteiger partial charge in [0.05, 0.1) is 12.7 Å². The summed E-state index contributed by atoms with van der Waals surface area (Å²) in [6.45, 7) is 0.526. The third-order valence-electron chi connectivity index (χ3n) is 3.27. The second-order valence-corrected chi connectivity index (χ2v) is 5.87. The Morgan fingerprint density at radius 3 is 2.65 bits per heavy atom. The van der Waals surface area contributed by atoms with Crippen LogP contribution in [0.15, 0.2) is 28.7 Å². The van der Waals surface area contributed by atoms with E-state index >= 15 is 0 Å². The van der Waals surface area contributed by atoms with Crippen molar-refractivity contribution in [2.45, 2.75) is 44.6 Å². The molecule has 0 heterocycles. The lowest BCUT2D eigenvalue weighted by molar-refractivity contribution is -0.138. The van der Waals surface area contributed by atoms with Crippen LogP contribution in [0.2, 0.25) is 0 Å². The maximum Gasteiger partial charge on any atom is 0.243 e. The number of carbonyl (C=O) groups is 1. The highest BCUT2D eigenvalue weighted by atomic mass is 79.9. The summed E-state index contributed by atoms with van der Waals surface area (Å²) in [6, 6.07) is 7.65. The molecule has 0 unspecified atom stereocenters. The predicted octanol–water partition coefficient (Wildman–Crippen LogP) is 3.60. The lowest BCUT2D eigenvalue weighted by Crippen LogP contribution is -2.28. The molecule has 0 atom stereocenters. The first-order valence-electron chi connectivity index (χ1n) is 7.07. The zero-order chi connectivity index (χ0) is 14.2. The fourth-order valence-corrected chi connectivity index (χ4v) is 2.42. The Bertz CT molecular complexity index is 416. The van der Waals surface area contributed by atoms with E-state index in [0.29, 0.717) is 19.4 Å². The van der Waals surface area contributed by atoms with Gasteiger partial charge in [0.15, 0.2) is 0 Å². The maximum atomic E-state index is 11.6. The Labute approximate surface area is 127 Å². The fraction of sp³-hybridized carbons (Fsp3) is 0.533. The molecule has 20 heavy (non-hydrogen) atoms. The zero-order valence-corrected chi connectivity index (χ0v) is 13.0. The normalized spacial score (nSPS) is 15.2. The molecule has 110 valence electrons. The highest BCUT2D eigenvalue weighted by molar-refractivity contribution is 9.10. The van der Waals surface area contributed by atoms with Crippen LogP contribution in [0.5, 0.6) is 5.75 Å². The molecule has 1 aliphatic carbocycles. The van der Waals surface area contributed by atoms with E-state index in [9.17, 15) is 4.79 Å². The summed E-state index contributed by atoms with van der Waals surface area (Å²) in [6.07, 6.45) is 5.79. The number of rotatable bonds is 7. The number of hydroxylamine groups is 1. The van der Waals surface area contributed by atoms with Crippen LogP contribution in [0.4, 0.5) is 0 Å². The van der Waals surface area contributed by atoms with Gasteiger partial charge in [-0.05, 0) is 43.5 Å². The van der Waals surface area contributed by atoms with Crippen molar-refractivity contribution < 1.29 is 14.4 Å². The highest BCUT2D eigenvalue weighted by Crippen LogP contribution is 2.20. The molecule has 1 aromatic rings. The maximum absolute atomic E-state index is 11.6. The number of hydrogen-bond donors (Lipinski definition) is 1. The molecule has 0 saturated heterocycles. The number of hydrogen-bond acceptors (Lipinski definition) is 3. The number of amides is 1. The summed E-state index contributed by atoms with van der Waals surface area (Å²) in [4.78, 5) is 16.9. The molecular weight excluding hydrogens is 322 g/mol. The van der Waals surface area contributed by atoms with Crippen LogP contribution in [0.25, 0.3) is 0 Å². The summed E-state index contributed by atoms with van der Waals surface area (Å²) in [5, 5.41) is 0. The van der Waals surface area contributed by atoms with Gasteiger partial charge >= 0.3 is 0 Å². The molecule has 0 aromatic heterocycles. The van der Waals surface area contributed by atoms with Gasteiger partial charge in [-0.15, -0.1) is 0 Å². The van der Waals surface area contributed by atoms with Crippen molar-refractivity contribution in [2.24, 2.45) is 0 Å². The number of benzene rings is 1. The molecule has 1 aliphatic rings. The lowest BCUT2D eigenvalue weighted by atomic mass is 10.3. The van der Waals surface area contributed by atoms with E-state index in [1.165, 1.54) is 12.8 Å². The minimum absolute atomic E-state index is 0.0729. The molecule has 0 spiro atoms. The summed E-state index contributed by atoms with van der Waals surface area (Å²) in [7, 11) is 0. The van der Waals surface area contributed by atoms with Gasteiger partial charge in [-0.25, -0.2) is 5.48 Å². The molecule has 1 saturated carbocycles. The zero-order valence-electron chi connectivity index (χ0n) is 11.4. The number of ether oxygens (including phenoxy) is 1. The Morgan fingerprint density at radius 1 is 1.25 bits per heavy atom. The van der Waals surface area contributed by atoms with E-state index in [4.69, 9.17) is 9.57 Å². The van der Waals surface area contributed by atoms with Gasteiger partial charge < -0.3 is 4.74 Å². The first kappa shape index (κ1) is 15.3. The summed E-state index contributed by atoms with van der Waals surface area (Å²) in [5.74, 6) is 0.743. The van der Waals surface area contributed by atoms with E-state index in [2.05, 4.69) is 21.4 Å². The average molecular weight is 342 g/mol. The molecule has 4 nitrogen and oxygen atoms in total. The van der Waals surface area contributed by atoms with Crippen molar-refractivity contribution in [1.29, 1.82) is 0 Å². The minimum atomic E-state index is -0.0729. The Kier molecular flexibility index (Phi) is 6.33. The van der Waals surface area contributed by atoms with Gasteiger partial charge in [-0.3, -0.25) is 9.63 Å². The first-order valence-corrected chi connectivity index (χ1v) is 7.86. The topological polar surface area (TPSA) is 47.6 Å². The monoisotopic (exact) mass is 341 g/mol. The molecule has 1 fully saturated rings. The van der Waals surface area contributed by atoms with Gasteiger partial charge in [0.2, 0.25) is 5.91 Å². The van der Waals surface area contributed by atoms with E-state index in [1.54, 1.807) is 0 Å². The highest BCUT2D eigenvalue weighted by Gasteiger charge is 2.16. The predicted molar refractivity (Wildman–Crippen MR) is 80.4 cm³/mol. The third-order valence-corrected chi connectivity index (χ3v) is 3.80. The molecule has 0 bridgehead atoms. The average Bonchev–Trinajstić information content (AvgIpc) is 2.96. The van der Waals surface area contributed by atoms with Gasteiger partial charge in [-0.1, -0.05) is 28.8 Å². The van der Waals surface area contributed by atoms with E-state index in [1.807, 2.05) is 24.3 Å². The molecule has 0 radical (unpaired) electrons. The molecule has 1 amide bonds. The van der Waals surface area contributed by atoms with Crippen LogP contribution >= 0.6 is 15.9 Å². The van der Waals surface area contributed by atoms with Crippen LogP contribution in [0.3, 0.4) is 0 Å². The van der Waals surface area contributed by atoms with Crippen molar-refractivity contribution in [2.75, 3.05) is 6.61 Å². The molecule has 5 heteroatoms. The fourth-order valence-electron chi connectivity index (χ4n) is 2.16. The lowest BCUT2D eigenvalue weighted by Gasteiger charge is -2.11. The molecule has 1 N–H and O–H groups in total. The quantitative estimate of drug-likeness (QED) is 0.608. The SMILES string of the molecule is O=C(CCCOc1ccc(Br)cc1)NOC1CCCC1. The smallest absolute Gasteiger partial charge is 0.243 e. The third kappa shape index (κ3) is 5.51. The van der Waals surface area contributed by atoms with Crippen molar-refractivity contribution in [3.63, 3.8) is 0 Å². The largest absolute Gasteiger partial charge is 0.494 e. The first-order chi connectivity index (χ1) is 9.74. The molecular formula is C15H20BrNO3. The molecule has 2 rings (SSSR count). The summed E-state index contributed by atoms with van der Waals surface area (Å²) >= 11 is 3.37. The summed E-state index contributed by atoms with van der Waals surface area (Å²) < 4.78 is 6.57. The standard InChI is InChI=1S/C15H20BrNO3/c16-12-7-9-13(10-8-12)19-11-3-6-15(18)17-20-14-4-1-2-5-14/h7-10,14H,1-6,11H2,(H,17,18). The summed E-state index contributed by atoms with van der Waals surface area (Å²) in [5.41, 5.74) is 2.53. The van der Waals surface area contributed by atoms with Gasteiger partial charge in [-0.2, -0.15) is 0 Å². The van der Waals surface area contributed by atoms with Crippen LogP contribution in [-0.4, -0.2) is 18.6 Å². The van der Waals surface area contributed by atoms with Crippen LogP contribution in [0.1, 0.15) is 38.5 Å². The van der Waals surface area contributed by atoms with Crippen molar-refractivity contribution >= 4 is 21.8 Å². The van der Waals surface area contributed by atoms with Gasteiger partial charge in [0, 0.05) is 10.9 Å². The van der Waals surface area contributed by atoms with E-state index in [-0.39, 0.29) is 12.0 Å². The molecule has 0 aliphatic heterocycles. The number of carbonyl (C=O) groups excluding carboxylic acids is 1. The Hall–Kier alpha value is -1.07. The van der Waals surface area contributed by atoms with Crippen LogP contribution in [0, 0.1) is 0 Å². The van der Waals surface area contributed by atoms with E-state index < -0.39 is 0 Å². The Balaban J connectivity index is 1.53. The van der Waals surface area contributed by atoms with Crippen molar-refractivity contribution in [3.8, 4) is 5.75 Å². The second kappa shape index (κ2) is 8.27. The van der Waals surface area contributed by atoms with Crippen LogP contribution in [-0.2, 0) is 9.63 Å². The Morgan fingerprint density at radius 2 is 1.95 bits per heavy atom. The van der Waals surface area contributed by atoms with E-state index in [0.717, 1.165) is 23.1 Å². The van der Waals surface area contributed by atoms with Gasteiger partial charge in [0.1, 0.15) is 5.75 Å².